The Hall–Kier alpha value is -1.22. The highest BCUT2D eigenvalue weighted by Gasteiger charge is 2.10. The van der Waals surface area contributed by atoms with Gasteiger partial charge in [0.2, 0.25) is 0 Å². The van der Waals surface area contributed by atoms with E-state index in [0.29, 0.717) is 26.2 Å². The number of aliphatic carboxylic acids is 2. The molecule has 0 aromatic heterocycles. The van der Waals surface area contributed by atoms with Gasteiger partial charge < -0.3 is 20.4 Å². The van der Waals surface area contributed by atoms with Crippen molar-refractivity contribution in [2.75, 3.05) is 73.0 Å². The molecule has 22 heavy (non-hydrogen) atoms. The van der Waals surface area contributed by atoms with Crippen molar-refractivity contribution in [3.05, 3.63) is 0 Å². The van der Waals surface area contributed by atoms with Crippen LogP contribution in [0.1, 0.15) is 6.92 Å². The molecule has 0 unspecified atom stereocenters. The van der Waals surface area contributed by atoms with E-state index in [2.05, 4.69) is 17.1 Å². The highest BCUT2D eigenvalue weighted by Crippen LogP contribution is 1.90. The predicted octanol–water partition coefficient (Wildman–Crippen LogP) is -1.07. The van der Waals surface area contributed by atoms with Gasteiger partial charge in [0.05, 0.1) is 13.1 Å². The number of nitrogens with zero attached hydrogens (tertiary/aromatic N) is 3. The van der Waals surface area contributed by atoms with Crippen molar-refractivity contribution in [2.24, 2.45) is 0 Å². The first kappa shape index (κ1) is 20.8. The zero-order valence-electron chi connectivity index (χ0n) is 13.9. The van der Waals surface area contributed by atoms with Crippen molar-refractivity contribution in [1.29, 1.82) is 0 Å². The van der Waals surface area contributed by atoms with E-state index < -0.39 is 11.9 Å². The number of hydrogen-bond acceptors (Lipinski definition) is 6. The lowest BCUT2D eigenvalue weighted by Gasteiger charge is -2.23. The monoisotopic (exact) mass is 318 g/mol. The normalized spacial score (nSPS) is 11.5. The molecule has 0 radical (unpaired) electrons. The average molecular weight is 318 g/mol. The lowest BCUT2D eigenvalue weighted by Crippen LogP contribution is -2.41. The van der Waals surface area contributed by atoms with Crippen molar-refractivity contribution in [3.63, 3.8) is 0 Å². The van der Waals surface area contributed by atoms with E-state index in [4.69, 9.17) is 10.2 Å². The molecule has 0 amide bonds. The van der Waals surface area contributed by atoms with Gasteiger partial charge in [-0.1, -0.05) is 6.92 Å². The third kappa shape index (κ3) is 12.5. The molecule has 8 heteroatoms. The van der Waals surface area contributed by atoms with Crippen molar-refractivity contribution < 1.29 is 19.8 Å². The number of rotatable bonds is 14. The van der Waals surface area contributed by atoms with Gasteiger partial charge in [-0.05, 0) is 20.6 Å². The maximum absolute atomic E-state index is 10.9. The molecule has 0 bridgehead atoms. The van der Waals surface area contributed by atoms with Crippen molar-refractivity contribution in [1.82, 2.24) is 20.0 Å². The topological polar surface area (TPSA) is 96.4 Å². The van der Waals surface area contributed by atoms with Crippen LogP contribution in [0.25, 0.3) is 0 Å². The van der Waals surface area contributed by atoms with Gasteiger partial charge in [-0.3, -0.25) is 19.4 Å². The van der Waals surface area contributed by atoms with E-state index in [9.17, 15) is 9.59 Å². The molecule has 0 heterocycles. The van der Waals surface area contributed by atoms with Crippen molar-refractivity contribution >= 4 is 11.9 Å². The molecule has 8 nitrogen and oxygen atoms in total. The molecule has 0 aliphatic carbocycles. The van der Waals surface area contributed by atoms with Crippen LogP contribution in [0.2, 0.25) is 0 Å². The van der Waals surface area contributed by atoms with Gasteiger partial charge in [0.1, 0.15) is 0 Å². The molecule has 0 fully saturated rings. The second kappa shape index (κ2) is 12.3. The van der Waals surface area contributed by atoms with Gasteiger partial charge in [-0.25, -0.2) is 0 Å². The third-order valence-electron chi connectivity index (χ3n) is 3.38. The lowest BCUT2D eigenvalue weighted by molar-refractivity contribution is -0.139. The van der Waals surface area contributed by atoms with E-state index in [-0.39, 0.29) is 13.1 Å². The minimum atomic E-state index is -0.838. The molecule has 0 spiro atoms. The summed E-state index contributed by atoms with van der Waals surface area (Å²) in [5.41, 5.74) is 0. The Morgan fingerprint density at radius 3 is 2.00 bits per heavy atom. The van der Waals surface area contributed by atoms with Gasteiger partial charge in [0.25, 0.3) is 0 Å². The fraction of sp³-hybridized carbons (Fsp3) is 0.857. The molecule has 130 valence electrons. The van der Waals surface area contributed by atoms with Crippen LogP contribution >= 0.6 is 0 Å². The summed E-state index contributed by atoms with van der Waals surface area (Å²) in [6.45, 7) is 7.29. The van der Waals surface area contributed by atoms with Crippen LogP contribution < -0.4 is 5.32 Å². The smallest absolute Gasteiger partial charge is 0.317 e. The fourth-order valence-corrected chi connectivity index (χ4v) is 1.87. The summed E-state index contributed by atoms with van der Waals surface area (Å²) in [5, 5.41) is 20.8. The summed E-state index contributed by atoms with van der Waals surface area (Å²) >= 11 is 0. The lowest BCUT2D eigenvalue weighted by atomic mass is 10.4. The van der Waals surface area contributed by atoms with E-state index in [0.717, 1.165) is 19.6 Å². The quantitative estimate of drug-likeness (QED) is 0.349. The molecule has 0 aliphatic rings. The van der Waals surface area contributed by atoms with Crippen LogP contribution in [0.4, 0.5) is 0 Å². The van der Waals surface area contributed by atoms with Gasteiger partial charge >= 0.3 is 11.9 Å². The molecule has 0 rings (SSSR count). The number of carbonyl (C=O) groups is 2. The summed E-state index contributed by atoms with van der Waals surface area (Å²) in [6.07, 6.45) is 0. The summed E-state index contributed by atoms with van der Waals surface area (Å²) in [4.78, 5) is 27.2. The molecule has 0 aromatic rings. The molecule has 0 aliphatic heterocycles. The van der Waals surface area contributed by atoms with E-state index in [1.807, 2.05) is 11.9 Å². The first-order chi connectivity index (χ1) is 10.3. The Kier molecular flexibility index (Phi) is 11.7. The predicted molar refractivity (Wildman–Crippen MR) is 85.2 cm³/mol. The first-order valence-electron chi connectivity index (χ1n) is 7.58. The minimum Gasteiger partial charge on any atom is -0.480 e. The molecular weight excluding hydrogens is 288 g/mol. The number of carboxylic acids is 2. The van der Waals surface area contributed by atoms with Gasteiger partial charge in [-0.15, -0.1) is 0 Å². The Bertz CT molecular complexity index is 328. The van der Waals surface area contributed by atoms with Gasteiger partial charge in [0, 0.05) is 39.3 Å². The number of likely N-dealkylation sites (N-methyl/N-ethyl adjacent to an activating group) is 2. The number of hydrogen-bond donors (Lipinski definition) is 3. The van der Waals surface area contributed by atoms with Crippen molar-refractivity contribution in [3.8, 4) is 0 Å². The molecular formula is C14H30N4O4. The molecule has 0 atom stereocenters. The fourth-order valence-electron chi connectivity index (χ4n) is 1.87. The second-order valence-electron chi connectivity index (χ2n) is 5.45. The molecule has 0 aromatic carbocycles. The Morgan fingerprint density at radius 2 is 1.45 bits per heavy atom. The highest BCUT2D eigenvalue weighted by molar-refractivity contribution is 5.69. The van der Waals surface area contributed by atoms with E-state index in [1.54, 1.807) is 11.9 Å². The van der Waals surface area contributed by atoms with Crippen LogP contribution in [0.5, 0.6) is 0 Å². The summed E-state index contributed by atoms with van der Waals surface area (Å²) < 4.78 is 0. The van der Waals surface area contributed by atoms with Crippen LogP contribution in [-0.4, -0.2) is 110 Å². The van der Waals surface area contributed by atoms with Gasteiger partial charge in [0.15, 0.2) is 0 Å². The highest BCUT2D eigenvalue weighted by atomic mass is 16.4. The van der Waals surface area contributed by atoms with E-state index in [1.165, 1.54) is 0 Å². The van der Waals surface area contributed by atoms with Gasteiger partial charge in [-0.2, -0.15) is 0 Å². The maximum Gasteiger partial charge on any atom is 0.317 e. The first-order valence-corrected chi connectivity index (χ1v) is 7.58. The molecule has 3 N–H and O–H groups in total. The Morgan fingerprint density at radius 1 is 0.864 bits per heavy atom. The Labute approximate surface area is 132 Å². The summed E-state index contributed by atoms with van der Waals surface area (Å²) in [5.74, 6) is -1.66. The second-order valence-corrected chi connectivity index (χ2v) is 5.45. The zero-order chi connectivity index (χ0) is 17.0. The van der Waals surface area contributed by atoms with Crippen LogP contribution in [0, 0.1) is 0 Å². The minimum absolute atomic E-state index is 0.0240. The number of carboxylic acid groups (broad SMARTS) is 2. The summed E-state index contributed by atoms with van der Waals surface area (Å²) in [6, 6.07) is 0. The number of nitrogens with one attached hydrogen (secondary N) is 1. The van der Waals surface area contributed by atoms with Crippen LogP contribution in [0.15, 0.2) is 0 Å². The molecule has 0 saturated carbocycles. The molecule has 0 saturated heterocycles. The average Bonchev–Trinajstić information content (AvgIpc) is 2.42. The zero-order valence-corrected chi connectivity index (χ0v) is 13.9. The van der Waals surface area contributed by atoms with Crippen LogP contribution in [0.3, 0.4) is 0 Å². The maximum atomic E-state index is 10.9. The van der Waals surface area contributed by atoms with Crippen molar-refractivity contribution in [2.45, 2.75) is 6.92 Å². The van der Waals surface area contributed by atoms with E-state index >= 15 is 0 Å². The SMILES string of the molecule is CCN(C)CCN(CCNCCN(C)CC(=O)O)CC(=O)O. The standard InChI is InChI=1S/C14H30N4O4/c1-4-16(2)9-10-18(12-14(21)22)8-6-15-5-7-17(3)11-13(19)20/h15H,4-12H2,1-3H3,(H,19,20)(H,21,22). The largest absolute Gasteiger partial charge is 0.480 e. The Balaban J connectivity index is 3.87. The van der Waals surface area contributed by atoms with Crippen LogP contribution in [-0.2, 0) is 9.59 Å². The third-order valence-corrected chi connectivity index (χ3v) is 3.38. The summed E-state index contributed by atoms with van der Waals surface area (Å²) in [7, 11) is 3.77.